The Morgan fingerprint density at radius 2 is 2.10 bits per heavy atom. The van der Waals surface area contributed by atoms with Crippen molar-refractivity contribution in [2.24, 2.45) is 0 Å². The molecule has 0 aromatic carbocycles. The Morgan fingerprint density at radius 3 is 2.79 bits per heavy atom. The number of rotatable bonds is 5. The van der Waals surface area contributed by atoms with Crippen LogP contribution in [-0.4, -0.2) is 37.8 Å². The van der Waals surface area contributed by atoms with Crippen LogP contribution in [0.15, 0.2) is 12.4 Å². The van der Waals surface area contributed by atoms with Gasteiger partial charge in [0.25, 0.3) is 0 Å². The van der Waals surface area contributed by atoms with Crippen LogP contribution in [0.1, 0.15) is 42.1 Å². The molecule has 0 aliphatic rings. The van der Waals surface area contributed by atoms with Gasteiger partial charge < -0.3 is 20.1 Å². The Labute approximate surface area is 174 Å². The first-order valence-corrected chi connectivity index (χ1v) is 9.67. The van der Waals surface area contributed by atoms with Crippen molar-refractivity contribution in [3.05, 3.63) is 39.9 Å². The van der Waals surface area contributed by atoms with Crippen LogP contribution in [0.25, 0.3) is 11.0 Å². The average Bonchev–Trinajstić information content (AvgIpc) is 2.99. The van der Waals surface area contributed by atoms with E-state index in [1.54, 1.807) is 20.2 Å². The van der Waals surface area contributed by atoms with Gasteiger partial charge in [-0.1, -0.05) is 23.4 Å². The molecule has 0 radical (unpaired) electrons. The van der Waals surface area contributed by atoms with Gasteiger partial charge in [-0.2, -0.15) is 4.98 Å². The van der Waals surface area contributed by atoms with Crippen LogP contribution in [0.4, 0.5) is 5.95 Å². The molecular formula is C21H24ClN5O2. The van der Waals surface area contributed by atoms with E-state index in [-0.39, 0.29) is 17.2 Å². The Hall–Kier alpha value is -2.82. The monoisotopic (exact) mass is 413 g/mol. The number of pyridine rings is 1. The largest absolute Gasteiger partial charge is 0.496 e. The summed E-state index contributed by atoms with van der Waals surface area (Å²) in [5.74, 6) is 7.12. The maximum Gasteiger partial charge on any atom is 0.223 e. The third-order valence-corrected chi connectivity index (χ3v) is 4.94. The number of aryl methyl sites for hydroxylation is 1. The molecule has 3 heterocycles. The Kier molecular flexibility index (Phi) is 6.26. The van der Waals surface area contributed by atoms with Crippen LogP contribution >= 0.6 is 11.6 Å². The number of aromatic nitrogens is 4. The number of hydrogen-bond donors (Lipinski definition) is 2. The van der Waals surface area contributed by atoms with Gasteiger partial charge in [0.15, 0.2) is 0 Å². The molecular weight excluding hydrogens is 390 g/mol. The van der Waals surface area contributed by atoms with E-state index in [1.165, 1.54) is 0 Å². The molecule has 3 aromatic heterocycles. The van der Waals surface area contributed by atoms with E-state index < -0.39 is 0 Å². The predicted molar refractivity (Wildman–Crippen MR) is 114 cm³/mol. The Balaban J connectivity index is 2.07. The van der Waals surface area contributed by atoms with Gasteiger partial charge in [-0.3, -0.25) is 4.98 Å². The summed E-state index contributed by atoms with van der Waals surface area (Å²) in [5.41, 5.74) is 9.94. The number of nitrogens with two attached hydrogens (primary N) is 1. The minimum absolute atomic E-state index is 0.0987. The average molecular weight is 414 g/mol. The molecule has 29 heavy (non-hydrogen) atoms. The molecule has 0 fully saturated rings. The van der Waals surface area contributed by atoms with Crippen LogP contribution in [0.3, 0.4) is 0 Å². The number of halogens is 1. The molecule has 3 N–H and O–H groups in total. The fraction of sp³-hybridized carbons (Fsp3) is 0.381. The first-order chi connectivity index (χ1) is 13.8. The summed E-state index contributed by atoms with van der Waals surface area (Å²) < 4.78 is 7.43. The molecule has 1 unspecified atom stereocenters. The summed E-state index contributed by atoms with van der Waals surface area (Å²) in [4.78, 5) is 13.0. The SMILES string of the molecule is COc1c(C)cnc(Cn2cc(C#CCCC(C)O)c3c(Cl)nc(N)nc32)c1C. The van der Waals surface area contributed by atoms with Gasteiger partial charge in [0.05, 0.1) is 36.4 Å². The third kappa shape index (κ3) is 4.44. The highest BCUT2D eigenvalue weighted by molar-refractivity contribution is 6.34. The molecule has 3 aromatic rings. The van der Waals surface area contributed by atoms with E-state index in [1.807, 2.05) is 24.6 Å². The van der Waals surface area contributed by atoms with Gasteiger partial charge in [0.1, 0.15) is 16.5 Å². The van der Waals surface area contributed by atoms with Crippen molar-refractivity contribution in [1.29, 1.82) is 0 Å². The van der Waals surface area contributed by atoms with Crippen LogP contribution in [-0.2, 0) is 6.54 Å². The second kappa shape index (κ2) is 8.68. The highest BCUT2D eigenvalue weighted by Gasteiger charge is 2.17. The van der Waals surface area contributed by atoms with Crippen LogP contribution < -0.4 is 10.5 Å². The lowest BCUT2D eigenvalue weighted by molar-refractivity contribution is 0.186. The normalized spacial score (nSPS) is 11.9. The predicted octanol–water partition coefficient (Wildman–Crippen LogP) is 3.25. The van der Waals surface area contributed by atoms with Crippen LogP contribution in [0, 0.1) is 25.7 Å². The minimum Gasteiger partial charge on any atom is -0.496 e. The lowest BCUT2D eigenvalue weighted by atomic mass is 10.1. The fourth-order valence-corrected chi connectivity index (χ4v) is 3.48. The van der Waals surface area contributed by atoms with Crippen molar-refractivity contribution in [1.82, 2.24) is 19.5 Å². The van der Waals surface area contributed by atoms with Gasteiger partial charge in [0, 0.05) is 29.9 Å². The number of hydrogen-bond acceptors (Lipinski definition) is 6. The van der Waals surface area contributed by atoms with Crippen molar-refractivity contribution in [3.63, 3.8) is 0 Å². The second-order valence-electron chi connectivity index (χ2n) is 6.98. The molecule has 0 aliphatic heterocycles. The summed E-state index contributed by atoms with van der Waals surface area (Å²) in [6.07, 6.45) is 4.47. The summed E-state index contributed by atoms with van der Waals surface area (Å²) in [6.45, 7) is 6.14. The van der Waals surface area contributed by atoms with Crippen molar-refractivity contribution in [2.45, 2.75) is 46.3 Å². The van der Waals surface area contributed by atoms with Gasteiger partial charge in [-0.25, -0.2) is 4.98 Å². The Bertz CT molecular complexity index is 1110. The van der Waals surface area contributed by atoms with E-state index in [4.69, 9.17) is 22.1 Å². The summed E-state index contributed by atoms with van der Waals surface area (Å²) >= 11 is 6.36. The number of nitrogen functional groups attached to an aromatic ring is 1. The molecule has 7 nitrogen and oxygen atoms in total. The van der Waals surface area contributed by atoms with Gasteiger partial charge in [0.2, 0.25) is 5.95 Å². The van der Waals surface area contributed by atoms with E-state index in [2.05, 4.69) is 26.8 Å². The van der Waals surface area contributed by atoms with Crippen molar-refractivity contribution in [3.8, 4) is 17.6 Å². The molecule has 0 bridgehead atoms. The lowest BCUT2D eigenvalue weighted by Crippen LogP contribution is -2.07. The molecule has 3 rings (SSSR count). The molecule has 0 saturated heterocycles. The van der Waals surface area contributed by atoms with E-state index >= 15 is 0 Å². The number of methoxy groups -OCH3 is 1. The smallest absolute Gasteiger partial charge is 0.223 e. The van der Waals surface area contributed by atoms with Crippen molar-refractivity contribution < 1.29 is 9.84 Å². The number of aliphatic hydroxyl groups excluding tert-OH is 1. The summed E-state index contributed by atoms with van der Waals surface area (Å²) in [7, 11) is 1.65. The maximum absolute atomic E-state index is 9.41. The van der Waals surface area contributed by atoms with E-state index in [0.717, 1.165) is 22.6 Å². The number of anilines is 1. The van der Waals surface area contributed by atoms with Gasteiger partial charge in [-0.05, 0) is 27.2 Å². The molecule has 0 amide bonds. The summed E-state index contributed by atoms with van der Waals surface area (Å²) in [5, 5.41) is 10.3. The number of aliphatic hydroxyl groups is 1. The topological polar surface area (TPSA) is 99.1 Å². The molecule has 0 aliphatic carbocycles. The molecule has 152 valence electrons. The van der Waals surface area contributed by atoms with Crippen LogP contribution in [0.2, 0.25) is 5.15 Å². The molecule has 1 atom stereocenters. The molecule has 8 heteroatoms. The zero-order chi connectivity index (χ0) is 21.1. The maximum atomic E-state index is 9.41. The minimum atomic E-state index is -0.386. The number of nitrogens with zero attached hydrogens (tertiary/aromatic N) is 4. The highest BCUT2D eigenvalue weighted by atomic mass is 35.5. The summed E-state index contributed by atoms with van der Waals surface area (Å²) in [6, 6.07) is 0. The lowest BCUT2D eigenvalue weighted by Gasteiger charge is -2.13. The highest BCUT2D eigenvalue weighted by Crippen LogP contribution is 2.29. The van der Waals surface area contributed by atoms with Crippen molar-refractivity contribution >= 4 is 28.6 Å². The van der Waals surface area contributed by atoms with E-state index in [0.29, 0.717) is 36.0 Å². The first kappa shape index (κ1) is 20.9. The standard InChI is InChI=1S/C21H24ClN5O2/c1-12-9-24-16(14(3)18(12)29-4)11-27-10-15(8-6-5-7-13(2)28)17-19(22)25-21(23)26-20(17)27/h9-10,13,28H,5,7,11H2,1-4H3,(H2,23,25,26). The Morgan fingerprint density at radius 1 is 1.34 bits per heavy atom. The molecule has 0 spiro atoms. The van der Waals surface area contributed by atoms with E-state index in [9.17, 15) is 5.11 Å². The molecule has 0 saturated carbocycles. The zero-order valence-corrected chi connectivity index (χ0v) is 17.7. The zero-order valence-electron chi connectivity index (χ0n) is 17.0. The van der Waals surface area contributed by atoms with Crippen molar-refractivity contribution in [2.75, 3.05) is 12.8 Å². The quantitative estimate of drug-likeness (QED) is 0.492. The van der Waals surface area contributed by atoms with Gasteiger partial charge >= 0.3 is 0 Å². The number of ether oxygens (including phenoxy) is 1. The first-order valence-electron chi connectivity index (χ1n) is 9.29. The fourth-order valence-electron chi connectivity index (χ4n) is 3.20. The van der Waals surface area contributed by atoms with Crippen LogP contribution in [0.5, 0.6) is 5.75 Å². The van der Waals surface area contributed by atoms with Gasteiger partial charge in [-0.15, -0.1) is 0 Å². The second-order valence-corrected chi connectivity index (χ2v) is 7.34. The third-order valence-electron chi connectivity index (χ3n) is 4.67. The number of fused-ring (bicyclic) bond motifs is 1.